The first kappa shape index (κ1) is 25.8. The smallest absolute Gasteiger partial charge is 0.317 e. The Hall–Kier alpha value is -2.83. The zero-order chi connectivity index (χ0) is 23.4. The van der Waals surface area contributed by atoms with Gasteiger partial charge in [-0.1, -0.05) is 50.6 Å². The zero-order valence-electron chi connectivity index (χ0n) is 20.5. The third kappa shape index (κ3) is 6.61. The van der Waals surface area contributed by atoms with Crippen molar-refractivity contribution in [3.63, 3.8) is 0 Å². The minimum absolute atomic E-state index is 0. The Kier molecular flexibility index (Phi) is 8.39. The third-order valence-corrected chi connectivity index (χ3v) is 6.19. The van der Waals surface area contributed by atoms with E-state index in [4.69, 9.17) is 5.10 Å². The number of nitrogens with one attached hydrogen (secondary N) is 3. The number of halogens is 1. The van der Waals surface area contributed by atoms with Gasteiger partial charge in [-0.3, -0.25) is 5.32 Å². The topological polar surface area (TPSA) is 71.0 Å². The number of hydrogen-bond donors (Lipinski definition) is 3. The number of aryl methyl sites for hydroxylation is 1. The van der Waals surface area contributed by atoms with Crippen LogP contribution in [0.5, 0.6) is 0 Å². The number of benzene rings is 2. The number of aromatic nitrogens is 2. The van der Waals surface area contributed by atoms with Gasteiger partial charge in [0.05, 0.1) is 11.4 Å². The molecule has 0 unspecified atom stereocenters. The minimum atomic E-state index is -0.283. The molecule has 0 spiro atoms. The lowest BCUT2D eigenvalue weighted by Crippen LogP contribution is -2.28. The molecule has 1 aliphatic rings. The van der Waals surface area contributed by atoms with Gasteiger partial charge in [0, 0.05) is 17.2 Å². The summed E-state index contributed by atoms with van der Waals surface area (Å²) >= 11 is 0. The molecule has 1 aromatic heterocycles. The van der Waals surface area contributed by atoms with E-state index in [2.05, 4.69) is 55.8 Å². The molecule has 0 saturated carbocycles. The third-order valence-electron chi connectivity index (χ3n) is 6.19. The highest BCUT2D eigenvalue weighted by Gasteiger charge is 2.21. The van der Waals surface area contributed by atoms with Crippen LogP contribution in [0.25, 0.3) is 5.69 Å². The zero-order valence-corrected chi connectivity index (χ0v) is 21.3. The Morgan fingerprint density at radius 2 is 1.68 bits per heavy atom. The molecular formula is C27H36ClN5O. The summed E-state index contributed by atoms with van der Waals surface area (Å²) in [6, 6.07) is 18.0. The first-order chi connectivity index (χ1) is 15.8. The van der Waals surface area contributed by atoms with Gasteiger partial charge < -0.3 is 10.6 Å². The number of amides is 2. The van der Waals surface area contributed by atoms with Crippen molar-refractivity contribution in [2.45, 2.75) is 52.4 Å². The lowest BCUT2D eigenvalue weighted by atomic mass is 9.91. The predicted molar refractivity (Wildman–Crippen MR) is 143 cm³/mol. The summed E-state index contributed by atoms with van der Waals surface area (Å²) in [4.78, 5) is 12.8. The van der Waals surface area contributed by atoms with E-state index in [1.807, 2.05) is 42.5 Å². The lowest BCUT2D eigenvalue weighted by Gasteiger charge is -2.22. The molecule has 1 aliphatic heterocycles. The fourth-order valence-electron chi connectivity index (χ4n) is 4.14. The van der Waals surface area contributed by atoms with Crippen LogP contribution < -0.4 is 16.0 Å². The van der Waals surface area contributed by atoms with Crippen molar-refractivity contribution in [2.24, 2.45) is 5.92 Å². The number of anilines is 2. The molecule has 7 heteroatoms. The maximum absolute atomic E-state index is 12.8. The number of carbonyl (C=O) groups is 1. The monoisotopic (exact) mass is 481 g/mol. The molecule has 2 aromatic carbocycles. The molecule has 0 radical (unpaired) electrons. The highest BCUT2D eigenvalue weighted by Crippen LogP contribution is 2.27. The SMILES string of the molecule is Cc1ccc(-n2nc(C(C)(C)C)cc2NC(=O)Nc2ccc(CC3CCNCC3)cc2)cc1.Cl. The highest BCUT2D eigenvalue weighted by atomic mass is 35.5. The molecule has 182 valence electrons. The Morgan fingerprint density at radius 1 is 1.03 bits per heavy atom. The first-order valence-electron chi connectivity index (χ1n) is 11.8. The van der Waals surface area contributed by atoms with Crippen LogP contribution in [0, 0.1) is 12.8 Å². The van der Waals surface area contributed by atoms with Gasteiger partial charge in [0.2, 0.25) is 0 Å². The minimum Gasteiger partial charge on any atom is -0.317 e. The lowest BCUT2D eigenvalue weighted by molar-refractivity contribution is 0.262. The van der Waals surface area contributed by atoms with E-state index in [0.29, 0.717) is 5.82 Å². The van der Waals surface area contributed by atoms with Crippen LogP contribution in [0.4, 0.5) is 16.3 Å². The molecule has 1 saturated heterocycles. The number of nitrogens with zero attached hydrogens (tertiary/aromatic N) is 2. The van der Waals surface area contributed by atoms with E-state index in [1.165, 1.54) is 24.0 Å². The number of piperidine rings is 1. The molecule has 3 N–H and O–H groups in total. The average Bonchev–Trinajstić information content (AvgIpc) is 3.20. The van der Waals surface area contributed by atoms with E-state index in [1.54, 1.807) is 4.68 Å². The van der Waals surface area contributed by atoms with Gasteiger partial charge >= 0.3 is 6.03 Å². The van der Waals surface area contributed by atoms with Crippen molar-refractivity contribution in [2.75, 3.05) is 23.7 Å². The first-order valence-corrected chi connectivity index (χ1v) is 11.8. The summed E-state index contributed by atoms with van der Waals surface area (Å²) in [5.74, 6) is 1.39. The summed E-state index contributed by atoms with van der Waals surface area (Å²) in [6.07, 6.45) is 3.56. The summed E-state index contributed by atoms with van der Waals surface area (Å²) in [5, 5.41) is 14.1. The van der Waals surface area contributed by atoms with Crippen molar-refractivity contribution in [3.8, 4) is 5.69 Å². The second kappa shape index (κ2) is 11.1. The van der Waals surface area contributed by atoms with Gasteiger partial charge in [-0.2, -0.15) is 5.10 Å². The van der Waals surface area contributed by atoms with Crippen LogP contribution in [0.15, 0.2) is 54.6 Å². The summed E-state index contributed by atoms with van der Waals surface area (Å²) in [5.41, 5.74) is 4.97. The number of carbonyl (C=O) groups excluding carboxylic acids is 1. The van der Waals surface area contributed by atoms with Crippen molar-refractivity contribution < 1.29 is 4.79 Å². The van der Waals surface area contributed by atoms with Crippen LogP contribution >= 0.6 is 12.4 Å². The van der Waals surface area contributed by atoms with E-state index in [-0.39, 0.29) is 23.9 Å². The number of urea groups is 1. The fraction of sp³-hybridized carbons (Fsp3) is 0.407. The van der Waals surface area contributed by atoms with Crippen LogP contribution in [0.2, 0.25) is 0 Å². The van der Waals surface area contributed by atoms with E-state index in [9.17, 15) is 4.79 Å². The van der Waals surface area contributed by atoms with Gasteiger partial charge in [-0.25, -0.2) is 9.48 Å². The molecule has 6 nitrogen and oxygen atoms in total. The van der Waals surface area contributed by atoms with Gasteiger partial charge in [0.1, 0.15) is 5.82 Å². The largest absolute Gasteiger partial charge is 0.324 e. The van der Waals surface area contributed by atoms with Gasteiger partial charge in [-0.15, -0.1) is 12.4 Å². The number of hydrogen-bond acceptors (Lipinski definition) is 3. The van der Waals surface area contributed by atoms with Gasteiger partial charge in [0.25, 0.3) is 0 Å². The Balaban J connectivity index is 0.00000324. The van der Waals surface area contributed by atoms with Crippen LogP contribution in [0.1, 0.15) is 50.4 Å². The standard InChI is InChI=1S/C27H35N5O.ClH/c1-19-5-11-23(12-6-19)32-25(18-24(31-32)27(2,3)4)30-26(33)29-22-9-7-20(8-10-22)17-21-13-15-28-16-14-21;/h5-12,18,21,28H,13-17H2,1-4H3,(H2,29,30,33);1H. The predicted octanol–water partition coefficient (Wildman–Crippen LogP) is 6.09. The van der Waals surface area contributed by atoms with E-state index < -0.39 is 0 Å². The van der Waals surface area contributed by atoms with Gasteiger partial charge in [-0.05, 0) is 75.0 Å². The Morgan fingerprint density at radius 3 is 2.29 bits per heavy atom. The maximum atomic E-state index is 12.8. The molecule has 34 heavy (non-hydrogen) atoms. The quantitative estimate of drug-likeness (QED) is 0.413. The van der Waals surface area contributed by atoms with Crippen molar-refractivity contribution in [1.29, 1.82) is 0 Å². The maximum Gasteiger partial charge on any atom is 0.324 e. The van der Waals surface area contributed by atoms with Crippen LogP contribution in [-0.2, 0) is 11.8 Å². The van der Waals surface area contributed by atoms with Crippen molar-refractivity contribution >= 4 is 29.9 Å². The molecule has 0 atom stereocenters. The molecule has 0 aliphatic carbocycles. The van der Waals surface area contributed by atoms with E-state index in [0.717, 1.165) is 42.5 Å². The second-order valence-corrected chi connectivity index (χ2v) is 10.1. The molecular weight excluding hydrogens is 446 g/mol. The molecule has 4 rings (SSSR count). The highest BCUT2D eigenvalue weighted by molar-refractivity contribution is 5.99. The van der Waals surface area contributed by atoms with Crippen molar-refractivity contribution in [3.05, 3.63) is 71.4 Å². The average molecular weight is 482 g/mol. The Labute approximate surface area is 208 Å². The molecule has 0 bridgehead atoms. The van der Waals surface area contributed by atoms with Crippen LogP contribution in [0.3, 0.4) is 0 Å². The van der Waals surface area contributed by atoms with Crippen LogP contribution in [-0.4, -0.2) is 28.9 Å². The summed E-state index contributed by atoms with van der Waals surface area (Å²) in [6.45, 7) is 10.6. The normalized spacial score (nSPS) is 14.4. The molecule has 3 aromatic rings. The Bertz CT molecular complexity index is 1080. The fourth-order valence-corrected chi connectivity index (χ4v) is 4.14. The summed E-state index contributed by atoms with van der Waals surface area (Å²) < 4.78 is 1.79. The van der Waals surface area contributed by atoms with Crippen molar-refractivity contribution in [1.82, 2.24) is 15.1 Å². The number of rotatable bonds is 5. The molecule has 2 heterocycles. The van der Waals surface area contributed by atoms with E-state index >= 15 is 0 Å². The summed E-state index contributed by atoms with van der Waals surface area (Å²) in [7, 11) is 0. The van der Waals surface area contributed by atoms with Gasteiger partial charge in [0.15, 0.2) is 0 Å². The second-order valence-electron chi connectivity index (χ2n) is 10.1. The molecule has 1 fully saturated rings. The molecule has 2 amide bonds.